The minimum Gasteiger partial charge on any atom is -0.373 e. The van der Waals surface area contributed by atoms with Gasteiger partial charge in [-0.1, -0.05) is 72.8 Å². The lowest BCUT2D eigenvalue weighted by atomic mass is 10.1. The van der Waals surface area contributed by atoms with Crippen molar-refractivity contribution in [2.45, 2.75) is 26.1 Å². The number of amides is 1. The number of carbonyl (C=O) groups excluding carboxylic acids is 1. The zero-order chi connectivity index (χ0) is 20.2. The third-order valence-corrected chi connectivity index (χ3v) is 5.08. The fourth-order valence-corrected chi connectivity index (χ4v) is 3.61. The maximum absolute atomic E-state index is 12.7. The van der Waals surface area contributed by atoms with E-state index >= 15 is 0 Å². The monoisotopic (exact) mass is 455 g/mol. The second kappa shape index (κ2) is 10.9. The Kier molecular flexibility index (Phi) is 8.55. The van der Waals surface area contributed by atoms with Crippen molar-refractivity contribution in [1.29, 1.82) is 0 Å². The van der Waals surface area contributed by atoms with Crippen LogP contribution in [0.3, 0.4) is 0 Å². The Hall–Kier alpha value is -2.95. The number of carbonyl (C=O) groups is 1. The van der Waals surface area contributed by atoms with Gasteiger partial charge in [-0.2, -0.15) is 0 Å². The summed E-state index contributed by atoms with van der Waals surface area (Å²) in [4.78, 5) is 12.7. The minimum atomic E-state index is -0.363. The molecule has 31 heavy (non-hydrogen) atoms. The standard InChI is InChI=1S/C25H25N3O.2ClH/c1-17(26-23-15-7-11-19-9-3-5-13-21(19)23)25(29)28-18(2)27-24-16-8-12-20-10-4-6-14-22(20)24;;/h3-18,26-27H,1-2H3,(H,28,29);2*1H. The summed E-state index contributed by atoms with van der Waals surface area (Å²) in [6, 6.07) is 28.2. The van der Waals surface area contributed by atoms with Crippen LogP contribution in [-0.4, -0.2) is 18.1 Å². The van der Waals surface area contributed by atoms with Crippen LogP contribution in [-0.2, 0) is 4.79 Å². The lowest BCUT2D eigenvalue weighted by Crippen LogP contribution is -2.45. The first kappa shape index (κ1) is 24.3. The van der Waals surface area contributed by atoms with Crippen LogP contribution in [0.4, 0.5) is 11.4 Å². The number of hydrogen-bond acceptors (Lipinski definition) is 3. The molecule has 0 fully saturated rings. The predicted octanol–water partition coefficient (Wildman–Crippen LogP) is 6.21. The average molecular weight is 456 g/mol. The van der Waals surface area contributed by atoms with E-state index in [1.54, 1.807) is 0 Å². The summed E-state index contributed by atoms with van der Waals surface area (Å²) in [5.74, 6) is -0.0572. The van der Waals surface area contributed by atoms with E-state index in [0.29, 0.717) is 0 Å². The topological polar surface area (TPSA) is 53.2 Å². The van der Waals surface area contributed by atoms with Gasteiger partial charge in [0.2, 0.25) is 5.91 Å². The highest BCUT2D eigenvalue weighted by Crippen LogP contribution is 2.24. The lowest BCUT2D eigenvalue weighted by Gasteiger charge is -2.22. The van der Waals surface area contributed by atoms with Crippen molar-refractivity contribution in [3.05, 3.63) is 84.9 Å². The summed E-state index contributed by atoms with van der Waals surface area (Å²) in [5.41, 5.74) is 1.96. The van der Waals surface area contributed by atoms with Crippen LogP contribution in [0.25, 0.3) is 21.5 Å². The molecular weight excluding hydrogens is 429 g/mol. The fraction of sp³-hybridized carbons (Fsp3) is 0.160. The van der Waals surface area contributed by atoms with Gasteiger partial charge in [0.1, 0.15) is 6.04 Å². The summed E-state index contributed by atoms with van der Waals surface area (Å²) in [5, 5.41) is 14.4. The minimum absolute atomic E-state index is 0. The molecule has 0 saturated carbocycles. The molecule has 0 spiro atoms. The van der Waals surface area contributed by atoms with Crippen molar-refractivity contribution >= 4 is 63.6 Å². The average Bonchev–Trinajstić information content (AvgIpc) is 2.74. The van der Waals surface area contributed by atoms with Crippen LogP contribution in [0.2, 0.25) is 0 Å². The molecule has 6 heteroatoms. The molecule has 4 nitrogen and oxygen atoms in total. The molecule has 0 aromatic heterocycles. The first-order chi connectivity index (χ1) is 14.1. The number of halogens is 2. The van der Waals surface area contributed by atoms with Crippen molar-refractivity contribution in [3.63, 3.8) is 0 Å². The van der Waals surface area contributed by atoms with Crippen molar-refractivity contribution < 1.29 is 4.79 Å². The quantitative estimate of drug-likeness (QED) is 0.302. The second-order valence-corrected chi connectivity index (χ2v) is 7.29. The summed E-state index contributed by atoms with van der Waals surface area (Å²) in [7, 11) is 0. The highest BCUT2D eigenvalue weighted by atomic mass is 35.5. The summed E-state index contributed by atoms with van der Waals surface area (Å²) >= 11 is 0. The van der Waals surface area contributed by atoms with E-state index in [4.69, 9.17) is 0 Å². The van der Waals surface area contributed by atoms with E-state index in [0.717, 1.165) is 27.5 Å². The number of benzene rings is 4. The van der Waals surface area contributed by atoms with Crippen LogP contribution in [0.1, 0.15) is 13.8 Å². The fourth-order valence-electron chi connectivity index (χ4n) is 3.61. The van der Waals surface area contributed by atoms with E-state index in [1.807, 2.05) is 62.4 Å². The van der Waals surface area contributed by atoms with Gasteiger partial charge in [-0.15, -0.1) is 24.8 Å². The molecule has 4 aromatic carbocycles. The lowest BCUT2D eigenvalue weighted by molar-refractivity contribution is -0.121. The summed E-state index contributed by atoms with van der Waals surface area (Å²) in [6.45, 7) is 3.83. The first-order valence-electron chi connectivity index (χ1n) is 9.91. The zero-order valence-electron chi connectivity index (χ0n) is 17.5. The molecule has 0 aliphatic heterocycles. The highest BCUT2D eigenvalue weighted by molar-refractivity contribution is 5.96. The van der Waals surface area contributed by atoms with E-state index in [2.05, 4.69) is 52.3 Å². The zero-order valence-corrected chi connectivity index (χ0v) is 19.1. The molecule has 3 N–H and O–H groups in total. The molecule has 2 unspecified atom stereocenters. The van der Waals surface area contributed by atoms with Gasteiger partial charge in [-0.3, -0.25) is 4.79 Å². The van der Waals surface area contributed by atoms with Gasteiger partial charge < -0.3 is 16.0 Å². The summed E-state index contributed by atoms with van der Waals surface area (Å²) in [6.07, 6.45) is -0.204. The molecule has 1 amide bonds. The van der Waals surface area contributed by atoms with Crippen LogP contribution in [0.15, 0.2) is 84.9 Å². The Balaban J connectivity index is 0.00000171. The first-order valence-corrected chi connectivity index (χ1v) is 9.91. The van der Waals surface area contributed by atoms with Crippen molar-refractivity contribution in [3.8, 4) is 0 Å². The number of nitrogens with one attached hydrogen (secondary N) is 3. The van der Waals surface area contributed by atoms with Gasteiger partial charge in [0.05, 0.1) is 6.17 Å². The van der Waals surface area contributed by atoms with Gasteiger partial charge in [0, 0.05) is 22.1 Å². The Morgan fingerprint density at radius 2 is 1.10 bits per heavy atom. The highest BCUT2D eigenvalue weighted by Gasteiger charge is 2.16. The molecule has 2 atom stereocenters. The van der Waals surface area contributed by atoms with Gasteiger partial charge in [-0.05, 0) is 36.8 Å². The van der Waals surface area contributed by atoms with Crippen LogP contribution in [0.5, 0.6) is 0 Å². The SMILES string of the molecule is CC(NC(=O)C(C)Nc1cccc2ccccc12)Nc1cccc2ccccc12.Cl.Cl. The number of hydrogen-bond donors (Lipinski definition) is 3. The molecule has 0 aliphatic carbocycles. The predicted molar refractivity (Wildman–Crippen MR) is 137 cm³/mol. The second-order valence-electron chi connectivity index (χ2n) is 7.29. The molecule has 162 valence electrons. The maximum Gasteiger partial charge on any atom is 0.243 e. The largest absolute Gasteiger partial charge is 0.373 e. The summed E-state index contributed by atoms with van der Waals surface area (Å²) < 4.78 is 0. The molecule has 4 aromatic rings. The van der Waals surface area contributed by atoms with Gasteiger partial charge >= 0.3 is 0 Å². The number of anilines is 2. The molecule has 0 saturated heterocycles. The third-order valence-electron chi connectivity index (χ3n) is 5.08. The van der Waals surface area contributed by atoms with Crippen molar-refractivity contribution in [2.75, 3.05) is 10.6 Å². The normalized spacial score (nSPS) is 12.2. The third kappa shape index (κ3) is 5.60. The molecule has 4 rings (SSSR count). The maximum atomic E-state index is 12.7. The molecular formula is C25H27Cl2N3O. The Morgan fingerprint density at radius 1 is 0.645 bits per heavy atom. The molecule has 0 radical (unpaired) electrons. The number of fused-ring (bicyclic) bond motifs is 2. The van der Waals surface area contributed by atoms with E-state index < -0.39 is 0 Å². The van der Waals surface area contributed by atoms with Crippen LogP contribution < -0.4 is 16.0 Å². The number of rotatable bonds is 6. The molecule has 0 bridgehead atoms. The Labute approximate surface area is 195 Å². The van der Waals surface area contributed by atoms with Crippen LogP contribution >= 0.6 is 24.8 Å². The van der Waals surface area contributed by atoms with Crippen molar-refractivity contribution in [2.24, 2.45) is 0 Å². The van der Waals surface area contributed by atoms with Gasteiger partial charge in [0.15, 0.2) is 0 Å². The molecule has 0 heterocycles. The van der Waals surface area contributed by atoms with E-state index in [-0.39, 0.29) is 42.9 Å². The molecule has 0 aliphatic rings. The van der Waals surface area contributed by atoms with E-state index in [9.17, 15) is 4.79 Å². The van der Waals surface area contributed by atoms with Crippen molar-refractivity contribution in [1.82, 2.24) is 5.32 Å². The van der Waals surface area contributed by atoms with E-state index in [1.165, 1.54) is 5.39 Å². The van der Waals surface area contributed by atoms with Crippen LogP contribution in [0, 0.1) is 0 Å². The van der Waals surface area contributed by atoms with Gasteiger partial charge in [-0.25, -0.2) is 0 Å². The van der Waals surface area contributed by atoms with Gasteiger partial charge in [0.25, 0.3) is 0 Å². The Morgan fingerprint density at radius 3 is 1.65 bits per heavy atom. The smallest absolute Gasteiger partial charge is 0.243 e. The Bertz CT molecular complexity index is 1160.